The minimum Gasteiger partial charge on any atom is -0.507 e. The molecule has 0 saturated heterocycles. The third kappa shape index (κ3) is 3.89. The number of carbonyl (C=O) groups is 1. The molecule has 1 aromatic heterocycles. The second kappa shape index (κ2) is 8.13. The molecule has 0 atom stereocenters. The molecule has 6 nitrogen and oxygen atoms in total. The molecule has 0 fully saturated rings. The van der Waals surface area contributed by atoms with E-state index in [0.717, 1.165) is 28.7 Å². The van der Waals surface area contributed by atoms with Crippen molar-refractivity contribution in [1.29, 1.82) is 0 Å². The fraction of sp³-hybridized carbons (Fsp3) is 0.0833. The summed E-state index contributed by atoms with van der Waals surface area (Å²) in [5, 5.41) is 10.4. The molecule has 0 radical (unpaired) electrons. The van der Waals surface area contributed by atoms with Gasteiger partial charge in [-0.25, -0.2) is 15.0 Å². The van der Waals surface area contributed by atoms with E-state index in [-0.39, 0.29) is 5.75 Å². The Morgan fingerprint density at radius 3 is 1.90 bits per heavy atom. The molecule has 30 heavy (non-hydrogen) atoms. The quantitative estimate of drug-likeness (QED) is 0.491. The molecule has 0 aliphatic rings. The van der Waals surface area contributed by atoms with E-state index in [1.54, 1.807) is 43.5 Å². The van der Waals surface area contributed by atoms with Crippen LogP contribution in [-0.4, -0.2) is 33.5 Å². The number of phenols is 1. The molecule has 0 aliphatic heterocycles. The lowest BCUT2D eigenvalue weighted by Gasteiger charge is -2.10. The Kier molecular flexibility index (Phi) is 5.22. The van der Waals surface area contributed by atoms with Gasteiger partial charge in [0, 0.05) is 16.7 Å². The highest BCUT2D eigenvalue weighted by molar-refractivity contribution is 5.76. The van der Waals surface area contributed by atoms with Crippen molar-refractivity contribution in [2.24, 2.45) is 0 Å². The zero-order valence-electron chi connectivity index (χ0n) is 16.5. The second-order valence-electron chi connectivity index (χ2n) is 6.80. The lowest BCUT2D eigenvalue weighted by Crippen LogP contribution is -2.00. The molecule has 1 N–H and O–H groups in total. The first-order chi connectivity index (χ1) is 14.6. The molecule has 0 unspecified atom stereocenters. The van der Waals surface area contributed by atoms with Crippen molar-refractivity contribution >= 4 is 6.29 Å². The topological polar surface area (TPSA) is 85.2 Å². The summed E-state index contributed by atoms with van der Waals surface area (Å²) in [7, 11) is 1.61. The Hall–Kier alpha value is -4.06. The minimum atomic E-state index is 0.101. The molecule has 0 bridgehead atoms. The van der Waals surface area contributed by atoms with Gasteiger partial charge in [-0.1, -0.05) is 30.3 Å². The summed E-state index contributed by atoms with van der Waals surface area (Å²) in [6.07, 6.45) is 0.787. The molecule has 3 aromatic carbocycles. The molecule has 0 amide bonds. The zero-order chi connectivity index (χ0) is 21.1. The minimum absolute atomic E-state index is 0.101. The number of nitrogens with zero attached hydrogens (tertiary/aromatic N) is 3. The molecule has 4 rings (SSSR count). The molecule has 6 heteroatoms. The van der Waals surface area contributed by atoms with Crippen LogP contribution in [0.1, 0.15) is 15.9 Å². The largest absolute Gasteiger partial charge is 0.507 e. The SMILES string of the molecule is COc1ccc(-c2nc(-c3ccc(C=O)cc3)nc(-c3ccc(C)cc3O)n2)cc1. The average molecular weight is 397 g/mol. The van der Waals surface area contributed by atoms with Crippen LogP contribution in [0.2, 0.25) is 0 Å². The molecular formula is C24H19N3O3. The molecular weight excluding hydrogens is 378 g/mol. The Balaban J connectivity index is 1.89. The normalized spacial score (nSPS) is 10.6. The van der Waals surface area contributed by atoms with Gasteiger partial charge in [-0.3, -0.25) is 4.79 Å². The van der Waals surface area contributed by atoms with Crippen LogP contribution in [0.4, 0.5) is 0 Å². The number of aromatic nitrogens is 3. The van der Waals surface area contributed by atoms with E-state index in [0.29, 0.717) is 28.6 Å². The maximum absolute atomic E-state index is 11.0. The van der Waals surface area contributed by atoms with Crippen LogP contribution in [-0.2, 0) is 0 Å². The van der Waals surface area contributed by atoms with E-state index < -0.39 is 0 Å². The standard InChI is InChI=1S/C24H19N3O3/c1-15-3-12-20(21(29)13-15)24-26-22(17-6-4-16(14-28)5-7-17)25-23(27-24)18-8-10-19(30-2)11-9-18/h3-14,29H,1-2H3. The highest BCUT2D eigenvalue weighted by Crippen LogP contribution is 2.31. The molecule has 0 aliphatic carbocycles. The van der Waals surface area contributed by atoms with Crippen molar-refractivity contribution in [3.8, 4) is 45.7 Å². The fourth-order valence-corrected chi connectivity index (χ4v) is 3.04. The van der Waals surface area contributed by atoms with Gasteiger partial charge >= 0.3 is 0 Å². The average Bonchev–Trinajstić information content (AvgIpc) is 2.79. The molecule has 1 heterocycles. The zero-order valence-corrected chi connectivity index (χ0v) is 16.5. The number of benzene rings is 3. The number of ether oxygens (including phenoxy) is 1. The van der Waals surface area contributed by atoms with Crippen molar-refractivity contribution in [3.63, 3.8) is 0 Å². The molecule has 148 valence electrons. The Morgan fingerprint density at radius 1 is 0.800 bits per heavy atom. The first-order valence-corrected chi connectivity index (χ1v) is 9.33. The number of phenolic OH excluding ortho intramolecular Hbond substituents is 1. The van der Waals surface area contributed by atoms with Crippen molar-refractivity contribution in [2.45, 2.75) is 6.92 Å². The van der Waals surface area contributed by atoms with Gasteiger partial charge in [0.1, 0.15) is 17.8 Å². The summed E-state index contributed by atoms with van der Waals surface area (Å²) >= 11 is 0. The number of rotatable bonds is 5. The predicted molar refractivity (Wildman–Crippen MR) is 114 cm³/mol. The third-order valence-corrected chi connectivity index (χ3v) is 4.68. The van der Waals surface area contributed by atoms with Gasteiger partial charge in [0.05, 0.1) is 12.7 Å². The van der Waals surface area contributed by atoms with E-state index >= 15 is 0 Å². The van der Waals surface area contributed by atoms with Crippen LogP contribution in [0.3, 0.4) is 0 Å². The summed E-state index contributed by atoms with van der Waals surface area (Å²) in [6, 6.07) is 19.8. The Morgan fingerprint density at radius 2 is 1.37 bits per heavy atom. The lowest BCUT2D eigenvalue weighted by molar-refractivity contribution is 0.112. The number of aryl methyl sites for hydroxylation is 1. The van der Waals surface area contributed by atoms with Crippen LogP contribution >= 0.6 is 0 Å². The number of hydrogen-bond donors (Lipinski definition) is 1. The van der Waals surface area contributed by atoms with E-state index in [4.69, 9.17) is 4.74 Å². The van der Waals surface area contributed by atoms with Crippen molar-refractivity contribution < 1.29 is 14.6 Å². The summed E-state index contributed by atoms with van der Waals surface area (Å²) in [6.45, 7) is 1.90. The van der Waals surface area contributed by atoms with Gasteiger partial charge in [0.15, 0.2) is 17.5 Å². The molecule has 4 aromatic rings. The summed E-state index contributed by atoms with van der Waals surface area (Å²) in [5.74, 6) is 2.11. The maximum atomic E-state index is 11.0. The Labute approximate surface area is 173 Å². The number of hydrogen-bond acceptors (Lipinski definition) is 6. The lowest BCUT2D eigenvalue weighted by atomic mass is 10.1. The van der Waals surface area contributed by atoms with Crippen LogP contribution in [0.5, 0.6) is 11.5 Å². The van der Waals surface area contributed by atoms with Crippen LogP contribution in [0.15, 0.2) is 66.7 Å². The third-order valence-electron chi connectivity index (χ3n) is 4.68. The van der Waals surface area contributed by atoms with Gasteiger partial charge < -0.3 is 9.84 Å². The monoisotopic (exact) mass is 397 g/mol. The summed E-state index contributed by atoms with van der Waals surface area (Å²) in [4.78, 5) is 24.8. The van der Waals surface area contributed by atoms with Crippen molar-refractivity contribution in [3.05, 3.63) is 77.9 Å². The van der Waals surface area contributed by atoms with Crippen LogP contribution in [0, 0.1) is 6.92 Å². The van der Waals surface area contributed by atoms with E-state index in [1.807, 2.05) is 37.3 Å². The summed E-state index contributed by atoms with van der Waals surface area (Å²) < 4.78 is 5.23. The van der Waals surface area contributed by atoms with E-state index in [2.05, 4.69) is 15.0 Å². The highest BCUT2D eigenvalue weighted by Gasteiger charge is 2.15. The summed E-state index contributed by atoms with van der Waals surface area (Å²) in [5.41, 5.74) is 3.55. The van der Waals surface area contributed by atoms with Crippen LogP contribution < -0.4 is 4.74 Å². The second-order valence-corrected chi connectivity index (χ2v) is 6.80. The maximum Gasteiger partial charge on any atom is 0.167 e. The van der Waals surface area contributed by atoms with Crippen molar-refractivity contribution in [1.82, 2.24) is 15.0 Å². The van der Waals surface area contributed by atoms with Gasteiger partial charge in [-0.15, -0.1) is 0 Å². The van der Waals surface area contributed by atoms with E-state index in [9.17, 15) is 9.90 Å². The van der Waals surface area contributed by atoms with Gasteiger partial charge in [-0.2, -0.15) is 0 Å². The number of aromatic hydroxyl groups is 1. The number of methoxy groups -OCH3 is 1. The Bertz CT molecular complexity index is 1200. The number of carbonyl (C=O) groups excluding carboxylic acids is 1. The smallest absolute Gasteiger partial charge is 0.167 e. The predicted octanol–water partition coefficient (Wildman–Crippen LogP) is 4.71. The fourth-order valence-electron chi connectivity index (χ4n) is 3.04. The van der Waals surface area contributed by atoms with Gasteiger partial charge in [0.25, 0.3) is 0 Å². The molecule has 0 spiro atoms. The van der Waals surface area contributed by atoms with Gasteiger partial charge in [0.2, 0.25) is 0 Å². The highest BCUT2D eigenvalue weighted by atomic mass is 16.5. The van der Waals surface area contributed by atoms with Crippen LogP contribution in [0.25, 0.3) is 34.2 Å². The number of aldehydes is 1. The van der Waals surface area contributed by atoms with Gasteiger partial charge in [-0.05, 0) is 48.9 Å². The molecule has 0 saturated carbocycles. The first-order valence-electron chi connectivity index (χ1n) is 9.33. The van der Waals surface area contributed by atoms with Crippen molar-refractivity contribution in [2.75, 3.05) is 7.11 Å². The first kappa shape index (κ1) is 19.3. The van der Waals surface area contributed by atoms with E-state index in [1.165, 1.54) is 0 Å².